The van der Waals surface area contributed by atoms with E-state index < -0.39 is 0 Å². The second kappa shape index (κ2) is 8.83. The molecule has 32 heavy (non-hydrogen) atoms. The number of carbonyl (C=O) groups excluding carboxylic acids is 1. The highest BCUT2D eigenvalue weighted by Gasteiger charge is 2.26. The van der Waals surface area contributed by atoms with E-state index in [0.29, 0.717) is 11.3 Å². The number of nitrogens with one attached hydrogen (secondary N) is 1. The molecule has 0 saturated carbocycles. The molecule has 1 heterocycles. The summed E-state index contributed by atoms with van der Waals surface area (Å²) >= 11 is 0. The van der Waals surface area contributed by atoms with Gasteiger partial charge >= 0.3 is 0 Å². The fourth-order valence-electron chi connectivity index (χ4n) is 4.69. The van der Waals surface area contributed by atoms with E-state index in [2.05, 4.69) is 29.6 Å². The summed E-state index contributed by atoms with van der Waals surface area (Å²) in [4.78, 5) is 13.7. The van der Waals surface area contributed by atoms with Gasteiger partial charge in [-0.15, -0.1) is 0 Å². The van der Waals surface area contributed by atoms with Crippen LogP contribution in [0.15, 0.2) is 84.9 Å². The lowest BCUT2D eigenvalue weighted by molar-refractivity contribution is 0.0934. The number of aromatic nitrogens is 2. The van der Waals surface area contributed by atoms with Crippen molar-refractivity contribution < 1.29 is 4.79 Å². The topological polar surface area (TPSA) is 46.9 Å². The molecule has 4 heteroatoms. The highest BCUT2D eigenvalue weighted by atomic mass is 16.1. The molecule has 0 bridgehead atoms. The lowest BCUT2D eigenvalue weighted by Gasteiger charge is -2.20. The van der Waals surface area contributed by atoms with Gasteiger partial charge in [0.1, 0.15) is 5.69 Å². The van der Waals surface area contributed by atoms with Crippen LogP contribution in [-0.2, 0) is 6.42 Å². The van der Waals surface area contributed by atoms with Crippen LogP contribution in [0.1, 0.15) is 52.5 Å². The first-order chi connectivity index (χ1) is 15.7. The summed E-state index contributed by atoms with van der Waals surface area (Å²) in [5.74, 6) is -0.0646. The Morgan fingerprint density at radius 2 is 1.59 bits per heavy atom. The highest BCUT2D eigenvalue weighted by Crippen LogP contribution is 2.31. The molecule has 1 amide bonds. The number of hydrogen-bond donors (Lipinski definition) is 1. The Kier molecular flexibility index (Phi) is 5.59. The van der Waals surface area contributed by atoms with Crippen LogP contribution in [0.3, 0.4) is 0 Å². The number of aryl methyl sites for hydroxylation is 1. The third-order valence-corrected chi connectivity index (χ3v) is 6.32. The summed E-state index contributed by atoms with van der Waals surface area (Å²) in [6, 6.07) is 28.5. The number of hydrogen-bond acceptors (Lipinski definition) is 2. The maximum Gasteiger partial charge on any atom is 0.255 e. The van der Waals surface area contributed by atoms with Gasteiger partial charge in [-0.3, -0.25) is 4.79 Å². The zero-order valence-electron chi connectivity index (χ0n) is 18.3. The summed E-state index contributed by atoms with van der Waals surface area (Å²) < 4.78 is 1.87. The van der Waals surface area contributed by atoms with E-state index in [1.54, 1.807) is 0 Å². The Morgan fingerprint density at radius 3 is 2.38 bits per heavy atom. The Balaban J connectivity index is 1.57. The lowest BCUT2D eigenvalue weighted by Crippen LogP contribution is -2.29. The van der Waals surface area contributed by atoms with E-state index in [4.69, 9.17) is 5.10 Å². The largest absolute Gasteiger partial charge is 0.345 e. The summed E-state index contributed by atoms with van der Waals surface area (Å²) in [5, 5.41) is 8.24. The van der Waals surface area contributed by atoms with Crippen molar-refractivity contribution in [1.82, 2.24) is 15.1 Å². The number of nitrogens with zero attached hydrogens (tertiary/aromatic N) is 2. The van der Waals surface area contributed by atoms with E-state index >= 15 is 0 Å². The summed E-state index contributed by atoms with van der Waals surface area (Å²) in [7, 11) is 0. The molecule has 160 valence electrons. The van der Waals surface area contributed by atoms with Crippen molar-refractivity contribution in [2.75, 3.05) is 0 Å². The van der Waals surface area contributed by atoms with Crippen LogP contribution < -0.4 is 5.32 Å². The standard InChI is InChI=1S/C28H27N3O/c1-20-26(28(32)29-25-19-11-9-13-21-12-8-10-18-24(21)25)27(22-14-4-2-5-15-22)30-31(20)23-16-6-3-7-17-23/h2-8,10,12,14-18,25H,9,11,13,19H2,1H3,(H,29,32). The maximum atomic E-state index is 13.7. The van der Waals surface area contributed by atoms with Gasteiger partial charge in [0.25, 0.3) is 5.91 Å². The maximum absolute atomic E-state index is 13.7. The average Bonchev–Trinajstić information content (AvgIpc) is 3.06. The number of carbonyl (C=O) groups is 1. The van der Waals surface area contributed by atoms with Gasteiger partial charge in [-0.05, 0) is 49.4 Å². The molecule has 0 radical (unpaired) electrons. The first-order valence-corrected chi connectivity index (χ1v) is 11.3. The normalized spacial score (nSPS) is 15.6. The monoisotopic (exact) mass is 421 g/mol. The molecule has 1 aliphatic carbocycles. The lowest BCUT2D eigenvalue weighted by atomic mass is 9.98. The molecular formula is C28H27N3O. The van der Waals surface area contributed by atoms with Gasteiger partial charge in [0.15, 0.2) is 0 Å². The molecule has 1 aliphatic rings. The second-order valence-corrected chi connectivity index (χ2v) is 8.39. The molecule has 4 nitrogen and oxygen atoms in total. The van der Waals surface area contributed by atoms with E-state index in [0.717, 1.165) is 42.6 Å². The zero-order valence-corrected chi connectivity index (χ0v) is 18.3. The Labute approximate surface area is 188 Å². The van der Waals surface area contributed by atoms with E-state index in [9.17, 15) is 4.79 Å². The van der Waals surface area contributed by atoms with Crippen LogP contribution in [0.25, 0.3) is 16.9 Å². The molecule has 5 rings (SSSR count). The minimum absolute atomic E-state index is 0.0179. The van der Waals surface area contributed by atoms with E-state index in [1.807, 2.05) is 72.3 Å². The predicted octanol–water partition coefficient (Wildman–Crippen LogP) is 6.05. The molecular weight excluding hydrogens is 394 g/mol. The Bertz CT molecular complexity index is 1230. The van der Waals surface area contributed by atoms with Gasteiger partial charge in [0.05, 0.1) is 23.0 Å². The molecule has 1 unspecified atom stereocenters. The number of fused-ring (bicyclic) bond motifs is 1. The van der Waals surface area contributed by atoms with Gasteiger partial charge in [-0.25, -0.2) is 4.68 Å². The molecule has 4 aromatic rings. The predicted molar refractivity (Wildman–Crippen MR) is 128 cm³/mol. The van der Waals surface area contributed by atoms with Crippen LogP contribution in [0.5, 0.6) is 0 Å². The molecule has 0 aliphatic heterocycles. The first-order valence-electron chi connectivity index (χ1n) is 11.3. The van der Waals surface area contributed by atoms with Gasteiger partial charge < -0.3 is 5.32 Å². The van der Waals surface area contributed by atoms with Gasteiger partial charge in [0, 0.05) is 5.56 Å². The fourth-order valence-corrected chi connectivity index (χ4v) is 4.69. The third-order valence-electron chi connectivity index (χ3n) is 6.32. The van der Waals surface area contributed by atoms with Crippen LogP contribution in [0.2, 0.25) is 0 Å². The van der Waals surface area contributed by atoms with Gasteiger partial charge in [-0.1, -0.05) is 79.2 Å². The molecule has 0 spiro atoms. The molecule has 1 aromatic heterocycles. The van der Waals surface area contributed by atoms with Crippen molar-refractivity contribution in [2.24, 2.45) is 0 Å². The Morgan fingerprint density at radius 1 is 0.906 bits per heavy atom. The van der Waals surface area contributed by atoms with E-state index in [1.165, 1.54) is 11.1 Å². The van der Waals surface area contributed by atoms with Crippen molar-refractivity contribution >= 4 is 5.91 Å². The first kappa shape index (κ1) is 20.3. The highest BCUT2D eigenvalue weighted by molar-refractivity contribution is 6.01. The fraction of sp³-hybridized carbons (Fsp3) is 0.214. The number of benzene rings is 3. The summed E-state index contributed by atoms with van der Waals surface area (Å²) in [6.45, 7) is 1.97. The van der Waals surface area contributed by atoms with Crippen molar-refractivity contribution in [3.63, 3.8) is 0 Å². The van der Waals surface area contributed by atoms with Crippen molar-refractivity contribution in [3.05, 3.63) is 107 Å². The zero-order chi connectivity index (χ0) is 21.9. The van der Waals surface area contributed by atoms with Crippen LogP contribution in [-0.4, -0.2) is 15.7 Å². The number of rotatable bonds is 4. The van der Waals surface area contributed by atoms with Gasteiger partial charge in [0.2, 0.25) is 0 Å². The minimum Gasteiger partial charge on any atom is -0.345 e. The molecule has 1 N–H and O–H groups in total. The minimum atomic E-state index is -0.0646. The molecule has 0 saturated heterocycles. The van der Waals surface area contributed by atoms with Crippen LogP contribution in [0.4, 0.5) is 0 Å². The quantitative estimate of drug-likeness (QED) is 0.408. The van der Waals surface area contributed by atoms with Crippen LogP contribution >= 0.6 is 0 Å². The number of para-hydroxylation sites is 1. The molecule has 3 aromatic carbocycles. The molecule has 0 fully saturated rings. The van der Waals surface area contributed by atoms with Crippen molar-refractivity contribution in [2.45, 2.75) is 38.6 Å². The third kappa shape index (κ3) is 3.84. The van der Waals surface area contributed by atoms with E-state index in [-0.39, 0.29) is 11.9 Å². The SMILES string of the molecule is Cc1c(C(=O)NC2CCCCc3ccccc32)c(-c2ccccc2)nn1-c1ccccc1. The van der Waals surface area contributed by atoms with Crippen molar-refractivity contribution in [3.8, 4) is 16.9 Å². The summed E-state index contributed by atoms with van der Waals surface area (Å²) in [5.41, 5.74) is 6.67. The smallest absolute Gasteiger partial charge is 0.255 e. The van der Waals surface area contributed by atoms with Crippen LogP contribution in [0, 0.1) is 6.92 Å². The molecule has 1 atom stereocenters. The summed E-state index contributed by atoms with van der Waals surface area (Å²) in [6.07, 6.45) is 4.29. The average molecular weight is 422 g/mol. The number of amides is 1. The Hall–Kier alpha value is -3.66. The second-order valence-electron chi connectivity index (χ2n) is 8.39. The van der Waals surface area contributed by atoms with Crippen molar-refractivity contribution in [1.29, 1.82) is 0 Å². The van der Waals surface area contributed by atoms with Gasteiger partial charge in [-0.2, -0.15) is 5.10 Å².